The van der Waals surface area contributed by atoms with Crippen molar-refractivity contribution in [3.8, 4) is 6.07 Å². The number of hydrogen-bond donors (Lipinski definition) is 2. The van der Waals surface area contributed by atoms with Gasteiger partial charge in [0.15, 0.2) is 0 Å². The van der Waals surface area contributed by atoms with Crippen LogP contribution in [0.5, 0.6) is 0 Å². The van der Waals surface area contributed by atoms with Crippen molar-refractivity contribution in [2.75, 3.05) is 13.1 Å². The van der Waals surface area contributed by atoms with E-state index >= 15 is 0 Å². The average Bonchev–Trinajstić information content (AvgIpc) is 2.44. The van der Waals surface area contributed by atoms with Gasteiger partial charge in [-0.05, 0) is 18.3 Å². The molecule has 1 aliphatic heterocycles. The van der Waals surface area contributed by atoms with Crippen LogP contribution >= 0.6 is 0 Å². The third-order valence-electron chi connectivity index (χ3n) is 3.43. The first-order valence-electron chi connectivity index (χ1n) is 7.04. The summed E-state index contributed by atoms with van der Waals surface area (Å²) in [5.41, 5.74) is 5.73. The van der Waals surface area contributed by atoms with Crippen LogP contribution in [0.1, 0.15) is 33.6 Å². The number of nitrogens with two attached hydrogens (primary N) is 1. The van der Waals surface area contributed by atoms with Crippen molar-refractivity contribution >= 4 is 11.9 Å². The van der Waals surface area contributed by atoms with Gasteiger partial charge in [0.25, 0.3) is 0 Å². The molecule has 0 saturated carbocycles. The third-order valence-corrected chi connectivity index (χ3v) is 3.43. The Labute approximate surface area is 133 Å². The van der Waals surface area contributed by atoms with Gasteiger partial charge in [0.2, 0.25) is 5.91 Å². The van der Waals surface area contributed by atoms with Crippen molar-refractivity contribution in [1.82, 2.24) is 4.90 Å². The Balaban J connectivity index is 0.000000585. The normalized spacial score (nSPS) is 17.6. The Morgan fingerprint density at radius 2 is 1.65 bits per heavy atom. The number of carbonyl (C=O) groups is 2. The summed E-state index contributed by atoms with van der Waals surface area (Å²) in [5, 5.41) is 15.9. The fourth-order valence-corrected chi connectivity index (χ4v) is 1.80. The van der Waals surface area contributed by atoms with E-state index in [1.54, 1.807) is 4.90 Å². The number of carboxylic acid groups (broad SMARTS) is 1. The Bertz CT molecular complexity index is 459. The number of hydrogen-bond acceptors (Lipinski definition) is 4. The van der Waals surface area contributed by atoms with E-state index in [2.05, 4.69) is 6.07 Å². The fourth-order valence-electron chi connectivity index (χ4n) is 1.80. The summed E-state index contributed by atoms with van der Waals surface area (Å²) in [5.74, 6) is -2.63. The zero-order valence-corrected chi connectivity index (χ0v) is 13.4. The lowest BCUT2D eigenvalue weighted by Gasteiger charge is -2.35. The van der Waals surface area contributed by atoms with E-state index in [9.17, 15) is 18.0 Å². The van der Waals surface area contributed by atoms with Gasteiger partial charge in [-0.25, -0.2) is 4.79 Å². The molecule has 0 radical (unpaired) electrons. The van der Waals surface area contributed by atoms with Crippen molar-refractivity contribution in [2.45, 2.75) is 45.8 Å². The van der Waals surface area contributed by atoms with Crippen LogP contribution in [0.4, 0.5) is 13.2 Å². The number of halogens is 3. The standard InChI is InChI=1S/C12H21N3O.C2HF3O2/c1-12(2,3)10(14)11(16)15-6-4-9(8-13)5-7-15;3-2(4,5)1(6)7/h9-10H,4-7,14H2,1-3H3;(H,6,7)/t10-;/m0./s1. The van der Waals surface area contributed by atoms with Crippen molar-refractivity contribution < 1.29 is 27.9 Å². The number of aliphatic carboxylic acids is 1. The number of nitriles is 1. The molecule has 0 spiro atoms. The third kappa shape index (κ3) is 7.32. The molecule has 0 aromatic carbocycles. The lowest BCUT2D eigenvalue weighted by atomic mass is 9.86. The number of nitrogens with zero attached hydrogens (tertiary/aromatic N) is 2. The van der Waals surface area contributed by atoms with Gasteiger partial charge in [0.05, 0.1) is 12.1 Å². The molecule has 1 atom stereocenters. The highest BCUT2D eigenvalue weighted by Gasteiger charge is 2.38. The van der Waals surface area contributed by atoms with Crippen LogP contribution in [0.3, 0.4) is 0 Å². The molecule has 6 nitrogen and oxygen atoms in total. The minimum absolute atomic E-state index is 0.0175. The van der Waals surface area contributed by atoms with Gasteiger partial charge in [-0.15, -0.1) is 0 Å². The molecule has 132 valence electrons. The summed E-state index contributed by atoms with van der Waals surface area (Å²) >= 11 is 0. The minimum Gasteiger partial charge on any atom is -0.475 e. The second-order valence-electron chi connectivity index (χ2n) is 6.38. The number of piperidine rings is 1. The highest BCUT2D eigenvalue weighted by Crippen LogP contribution is 2.22. The number of likely N-dealkylation sites (tertiary alicyclic amines) is 1. The van der Waals surface area contributed by atoms with E-state index in [-0.39, 0.29) is 17.2 Å². The Hall–Kier alpha value is -1.82. The smallest absolute Gasteiger partial charge is 0.475 e. The van der Waals surface area contributed by atoms with Crippen molar-refractivity contribution in [2.24, 2.45) is 17.1 Å². The molecule has 23 heavy (non-hydrogen) atoms. The van der Waals surface area contributed by atoms with E-state index < -0.39 is 18.2 Å². The van der Waals surface area contributed by atoms with E-state index in [1.807, 2.05) is 20.8 Å². The number of carbonyl (C=O) groups excluding carboxylic acids is 1. The summed E-state index contributed by atoms with van der Waals surface area (Å²) in [6.45, 7) is 7.24. The molecule has 0 aromatic heterocycles. The van der Waals surface area contributed by atoms with E-state index in [0.29, 0.717) is 13.1 Å². The molecule has 1 aliphatic rings. The zero-order chi connectivity index (χ0) is 18.4. The predicted molar refractivity (Wildman–Crippen MR) is 76.0 cm³/mol. The van der Waals surface area contributed by atoms with Crippen LogP contribution in [-0.4, -0.2) is 47.2 Å². The van der Waals surface area contributed by atoms with Crippen LogP contribution in [0.2, 0.25) is 0 Å². The maximum Gasteiger partial charge on any atom is 0.490 e. The average molecular weight is 337 g/mol. The molecule has 0 unspecified atom stereocenters. The van der Waals surface area contributed by atoms with Gasteiger partial charge in [-0.2, -0.15) is 18.4 Å². The summed E-state index contributed by atoms with van der Waals surface area (Å²) in [6, 6.07) is 1.80. The lowest BCUT2D eigenvalue weighted by Crippen LogP contribution is -2.52. The number of alkyl halides is 3. The maximum atomic E-state index is 12.1. The molecule has 0 aromatic rings. The summed E-state index contributed by atoms with van der Waals surface area (Å²) < 4.78 is 31.7. The Morgan fingerprint density at radius 1 is 1.26 bits per heavy atom. The SMILES string of the molecule is CC(C)(C)[C@@H](N)C(=O)N1CCC(C#N)CC1.O=C(O)C(F)(F)F. The molecule has 1 saturated heterocycles. The van der Waals surface area contributed by atoms with Gasteiger partial charge in [0, 0.05) is 19.0 Å². The molecule has 0 aliphatic carbocycles. The Kier molecular flexibility index (Phi) is 7.51. The van der Waals surface area contributed by atoms with Crippen LogP contribution in [-0.2, 0) is 9.59 Å². The van der Waals surface area contributed by atoms with Gasteiger partial charge < -0.3 is 15.7 Å². The van der Waals surface area contributed by atoms with Crippen LogP contribution < -0.4 is 5.73 Å². The second-order valence-corrected chi connectivity index (χ2v) is 6.38. The van der Waals surface area contributed by atoms with E-state index in [4.69, 9.17) is 20.9 Å². The molecule has 1 fully saturated rings. The minimum atomic E-state index is -5.08. The first kappa shape index (κ1) is 21.2. The number of amides is 1. The highest BCUT2D eigenvalue weighted by atomic mass is 19.4. The number of carboxylic acids is 1. The highest BCUT2D eigenvalue weighted by molar-refractivity contribution is 5.82. The quantitative estimate of drug-likeness (QED) is 0.758. The Morgan fingerprint density at radius 3 is 1.91 bits per heavy atom. The molecule has 3 N–H and O–H groups in total. The molecule has 1 rings (SSSR count). The first-order chi connectivity index (χ1) is 10.3. The molecule has 0 bridgehead atoms. The molecular weight excluding hydrogens is 315 g/mol. The summed E-state index contributed by atoms with van der Waals surface area (Å²) in [4.78, 5) is 22.7. The molecule has 1 amide bonds. The monoisotopic (exact) mass is 337 g/mol. The second kappa shape index (κ2) is 8.15. The maximum absolute atomic E-state index is 12.1. The van der Waals surface area contributed by atoms with Crippen molar-refractivity contribution in [1.29, 1.82) is 5.26 Å². The van der Waals surface area contributed by atoms with Gasteiger partial charge >= 0.3 is 12.1 Å². The topological polar surface area (TPSA) is 107 Å². The van der Waals surface area contributed by atoms with Crippen LogP contribution in [0, 0.1) is 22.7 Å². The predicted octanol–water partition coefficient (Wildman–Crippen LogP) is 1.76. The largest absolute Gasteiger partial charge is 0.490 e. The van der Waals surface area contributed by atoms with Crippen LogP contribution in [0.15, 0.2) is 0 Å². The van der Waals surface area contributed by atoms with Crippen LogP contribution in [0.25, 0.3) is 0 Å². The zero-order valence-electron chi connectivity index (χ0n) is 13.4. The molecule has 1 heterocycles. The van der Waals surface area contributed by atoms with Gasteiger partial charge in [-0.1, -0.05) is 20.8 Å². The first-order valence-corrected chi connectivity index (χ1v) is 7.04. The van der Waals surface area contributed by atoms with Gasteiger partial charge in [-0.3, -0.25) is 4.79 Å². The molecular formula is C14H22F3N3O3. The van der Waals surface area contributed by atoms with E-state index in [0.717, 1.165) is 12.8 Å². The molecule has 9 heteroatoms. The van der Waals surface area contributed by atoms with Crippen molar-refractivity contribution in [3.05, 3.63) is 0 Å². The van der Waals surface area contributed by atoms with Gasteiger partial charge in [0.1, 0.15) is 0 Å². The fraction of sp³-hybridized carbons (Fsp3) is 0.786. The van der Waals surface area contributed by atoms with Crippen molar-refractivity contribution in [3.63, 3.8) is 0 Å². The summed E-state index contributed by atoms with van der Waals surface area (Å²) in [6.07, 6.45) is -3.53. The summed E-state index contributed by atoms with van der Waals surface area (Å²) in [7, 11) is 0. The number of rotatable bonds is 1. The lowest BCUT2D eigenvalue weighted by molar-refractivity contribution is -0.192. The van der Waals surface area contributed by atoms with E-state index in [1.165, 1.54) is 0 Å².